The van der Waals surface area contributed by atoms with Crippen molar-refractivity contribution in [3.8, 4) is 17.1 Å². The molecule has 0 saturated heterocycles. The van der Waals surface area contributed by atoms with E-state index in [1.54, 1.807) is 22.4 Å². The third-order valence-corrected chi connectivity index (χ3v) is 9.63. The zero-order chi connectivity index (χ0) is 31.0. The molecule has 4 aromatic rings. The summed E-state index contributed by atoms with van der Waals surface area (Å²) >= 11 is 1.68. The second-order valence-electron chi connectivity index (χ2n) is 11.3. The van der Waals surface area contributed by atoms with Crippen LogP contribution in [0, 0.1) is 49.4 Å². The number of allylic oxidation sites excluding steroid dienone is 1. The number of benzene rings is 2. The van der Waals surface area contributed by atoms with E-state index in [2.05, 4.69) is 27.1 Å². The van der Waals surface area contributed by atoms with Crippen LogP contribution in [-0.2, 0) is 12.8 Å². The van der Waals surface area contributed by atoms with E-state index >= 15 is 0 Å². The summed E-state index contributed by atoms with van der Waals surface area (Å²) in [5.41, 5.74) is 14.2. The van der Waals surface area contributed by atoms with Crippen molar-refractivity contribution in [2.45, 2.75) is 52.6 Å². The molecule has 1 amide bonds. The molecule has 1 aliphatic heterocycles. The third kappa shape index (κ3) is 5.22. The number of hydrogen-bond acceptors (Lipinski definition) is 7. The van der Waals surface area contributed by atoms with E-state index in [-0.39, 0.29) is 11.5 Å². The van der Waals surface area contributed by atoms with E-state index in [0.717, 1.165) is 75.7 Å². The average molecular weight is 600 g/mol. The molecule has 3 N–H and O–H groups in total. The summed E-state index contributed by atoms with van der Waals surface area (Å²) in [6, 6.07) is 23.8. The maximum atomic E-state index is 13.9. The van der Waals surface area contributed by atoms with Gasteiger partial charge in [0.25, 0.3) is 5.91 Å². The monoisotopic (exact) mass is 599 g/mol. The summed E-state index contributed by atoms with van der Waals surface area (Å²) < 4.78 is 2.12. The van der Waals surface area contributed by atoms with Crippen molar-refractivity contribution in [1.82, 2.24) is 4.57 Å². The number of carbonyl (C=O) groups is 1. The highest BCUT2D eigenvalue weighted by Gasteiger charge is 2.38. The minimum atomic E-state index is -0.773. The number of hydrazone groups is 1. The van der Waals surface area contributed by atoms with Crippen LogP contribution in [0.4, 0.5) is 11.4 Å². The van der Waals surface area contributed by atoms with Gasteiger partial charge in [-0.25, -0.2) is 5.01 Å². The molecule has 0 saturated carbocycles. The summed E-state index contributed by atoms with van der Waals surface area (Å²) in [4.78, 5) is 15.1. The van der Waals surface area contributed by atoms with Gasteiger partial charge in [0, 0.05) is 22.0 Å². The zero-order valence-corrected chi connectivity index (χ0v) is 25.8. The Morgan fingerprint density at radius 1 is 1.07 bits per heavy atom. The fourth-order valence-corrected chi connectivity index (χ4v) is 7.55. The lowest BCUT2D eigenvalue weighted by molar-refractivity contribution is 0.102. The van der Waals surface area contributed by atoms with Crippen LogP contribution in [0.15, 0.2) is 71.3 Å². The van der Waals surface area contributed by atoms with Gasteiger partial charge in [-0.3, -0.25) is 4.79 Å². The first-order valence-corrected chi connectivity index (χ1v) is 15.5. The number of hydrogen-bond donors (Lipinski definition) is 2. The van der Waals surface area contributed by atoms with E-state index in [1.165, 1.54) is 4.88 Å². The number of anilines is 2. The molecule has 1 aliphatic carbocycles. The van der Waals surface area contributed by atoms with Crippen molar-refractivity contribution < 1.29 is 4.79 Å². The van der Waals surface area contributed by atoms with Gasteiger partial charge >= 0.3 is 0 Å². The van der Waals surface area contributed by atoms with E-state index in [4.69, 9.17) is 5.73 Å². The first-order valence-electron chi connectivity index (χ1n) is 14.7. The van der Waals surface area contributed by atoms with Gasteiger partial charge in [0.15, 0.2) is 0 Å². The molecule has 0 radical (unpaired) electrons. The van der Waals surface area contributed by atoms with Gasteiger partial charge in [-0.1, -0.05) is 35.9 Å². The van der Waals surface area contributed by atoms with Gasteiger partial charge in [-0.15, -0.1) is 11.3 Å². The van der Waals surface area contributed by atoms with E-state index < -0.39 is 12.1 Å². The fraction of sp³-hybridized carbons (Fsp3) is 0.257. The number of aromatic nitrogens is 1. The quantitative estimate of drug-likeness (QED) is 0.236. The Kier molecular flexibility index (Phi) is 7.92. The minimum absolute atomic E-state index is 0.113. The average Bonchev–Trinajstić information content (AvgIpc) is 3.66. The standard InChI is InChI=1S/C35H33N7OS/c1-21-13-15-26(16-14-21)39-34(43)31-28-11-7-8-12-30(28)44-35(31)41-22(2)17-24(23(41)3)18-25(19-36)32-29(20-37)33(38)42(40-32)27-9-5-4-6-10-27/h4-6,9-10,13-18,29,33H,7-8,11-12,38H2,1-3H3,(H,39,43)/b25-18-/t29-,33+/m0/s1. The molecule has 9 heteroatoms. The highest BCUT2D eigenvalue weighted by molar-refractivity contribution is 7.15. The first kappa shape index (κ1) is 29.1. The van der Waals surface area contributed by atoms with Crippen molar-refractivity contribution >= 4 is 40.4 Å². The smallest absolute Gasteiger partial charge is 0.258 e. The predicted molar refractivity (Wildman–Crippen MR) is 176 cm³/mol. The largest absolute Gasteiger partial charge is 0.322 e. The summed E-state index contributed by atoms with van der Waals surface area (Å²) in [6.07, 6.45) is 5.07. The first-order chi connectivity index (χ1) is 21.3. The van der Waals surface area contributed by atoms with Gasteiger partial charge in [0.2, 0.25) is 0 Å². The van der Waals surface area contributed by atoms with Crippen molar-refractivity contribution in [2.75, 3.05) is 10.3 Å². The molecule has 0 spiro atoms. The molecule has 2 atom stereocenters. The molecule has 2 aromatic carbocycles. The van der Waals surface area contributed by atoms with Gasteiger partial charge in [0.05, 0.1) is 28.6 Å². The second kappa shape index (κ2) is 12.0. The van der Waals surface area contributed by atoms with Crippen LogP contribution in [0.3, 0.4) is 0 Å². The van der Waals surface area contributed by atoms with Crippen LogP contribution in [0.25, 0.3) is 11.1 Å². The zero-order valence-electron chi connectivity index (χ0n) is 25.0. The lowest BCUT2D eigenvalue weighted by atomic mass is 9.95. The Labute approximate surface area is 261 Å². The summed E-state index contributed by atoms with van der Waals surface area (Å²) in [5.74, 6) is -0.886. The number of para-hydroxylation sites is 1. The number of nitrogens with two attached hydrogens (primary N) is 1. The van der Waals surface area contributed by atoms with Crippen LogP contribution in [0.5, 0.6) is 0 Å². The number of thiophene rings is 1. The molecule has 220 valence electrons. The maximum absolute atomic E-state index is 13.9. The van der Waals surface area contributed by atoms with Crippen LogP contribution in [0.1, 0.15) is 56.2 Å². The summed E-state index contributed by atoms with van der Waals surface area (Å²) in [7, 11) is 0. The molecule has 0 bridgehead atoms. The number of aryl methyl sites for hydroxylation is 3. The Balaban J connectivity index is 1.41. The second-order valence-corrected chi connectivity index (χ2v) is 12.4. The topological polar surface area (TPSA) is 123 Å². The maximum Gasteiger partial charge on any atom is 0.258 e. The Morgan fingerprint density at radius 2 is 1.80 bits per heavy atom. The van der Waals surface area contributed by atoms with Crippen LogP contribution in [-0.4, -0.2) is 22.4 Å². The Hall–Kier alpha value is -4.96. The molecular weight excluding hydrogens is 567 g/mol. The number of carbonyl (C=O) groups excluding carboxylic acids is 1. The number of amides is 1. The lowest BCUT2D eigenvalue weighted by Crippen LogP contribution is -2.40. The van der Waals surface area contributed by atoms with Gasteiger partial charge in [0.1, 0.15) is 23.2 Å². The molecule has 6 rings (SSSR count). The highest BCUT2D eigenvalue weighted by Crippen LogP contribution is 2.39. The normalized spacial score (nSPS) is 17.9. The number of nitriles is 2. The number of nitrogens with one attached hydrogen (secondary N) is 1. The summed E-state index contributed by atoms with van der Waals surface area (Å²) in [6.45, 7) is 6.02. The third-order valence-electron chi connectivity index (χ3n) is 8.35. The van der Waals surface area contributed by atoms with Gasteiger partial charge in [-0.2, -0.15) is 15.6 Å². The summed E-state index contributed by atoms with van der Waals surface area (Å²) in [5, 5.41) is 30.5. The van der Waals surface area contributed by atoms with E-state index in [9.17, 15) is 15.3 Å². The SMILES string of the molecule is Cc1ccc(NC(=O)c2c(-n3c(C)cc(/C=C(/C#N)C4=NN(c5ccccc5)[C@@H](N)[C@H]4C#N)c3C)sc3c2CCCC3)cc1. The van der Waals surface area contributed by atoms with Gasteiger partial charge < -0.3 is 15.6 Å². The fourth-order valence-electron chi connectivity index (χ4n) is 6.06. The van der Waals surface area contributed by atoms with Gasteiger partial charge in [-0.05, 0) is 94.0 Å². The Bertz CT molecular complexity index is 1880. The number of nitrogens with zero attached hydrogens (tertiary/aromatic N) is 5. The van der Waals surface area contributed by atoms with E-state index in [0.29, 0.717) is 5.71 Å². The van der Waals surface area contributed by atoms with Crippen molar-refractivity contribution in [3.05, 3.63) is 105 Å². The molecule has 44 heavy (non-hydrogen) atoms. The highest BCUT2D eigenvalue weighted by atomic mass is 32.1. The number of fused-ring (bicyclic) bond motifs is 1. The van der Waals surface area contributed by atoms with E-state index in [1.807, 2.05) is 81.4 Å². The molecule has 2 aromatic heterocycles. The molecule has 2 aliphatic rings. The molecule has 3 heterocycles. The van der Waals surface area contributed by atoms with Crippen molar-refractivity contribution in [2.24, 2.45) is 16.8 Å². The number of rotatable bonds is 6. The molecule has 0 unspecified atom stereocenters. The van der Waals surface area contributed by atoms with Crippen LogP contribution in [0.2, 0.25) is 0 Å². The minimum Gasteiger partial charge on any atom is -0.322 e. The molecular formula is C35H33N7OS. The van der Waals surface area contributed by atoms with Crippen LogP contribution < -0.4 is 16.1 Å². The Morgan fingerprint density at radius 3 is 2.50 bits per heavy atom. The van der Waals surface area contributed by atoms with Crippen LogP contribution >= 0.6 is 11.3 Å². The lowest BCUT2D eigenvalue weighted by Gasteiger charge is -2.21. The van der Waals surface area contributed by atoms with Crippen molar-refractivity contribution in [3.63, 3.8) is 0 Å². The predicted octanol–water partition coefficient (Wildman–Crippen LogP) is 6.80. The molecule has 0 fully saturated rings. The molecule has 8 nitrogen and oxygen atoms in total. The van der Waals surface area contributed by atoms with Crippen molar-refractivity contribution in [1.29, 1.82) is 10.5 Å².